The number of rotatable bonds is 4. The minimum Gasteiger partial charge on any atom is -0.441 e. The fraction of sp³-hybridized carbons (Fsp3) is 0.200. The molecule has 0 aliphatic heterocycles. The van der Waals surface area contributed by atoms with Crippen molar-refractivity contribution in [3.8, 4) is 11.3 Å². The summed E-state index contributed by atoms with van der Waals surface area (Å²) in [5.74, 6) is 0.516. The molecule has 1 atom stereocenters. The van der Waals surface area contributed by atoms with Crippen LogP contribution in [0.5, 0.6) is 0 Å². The predicted molar refractivity (Wildman–Crippen MR) is 96.4 cm³/mol. The zero-order valence-corrected chi connectivity index (χ0v) is 14.4. The van der Waals surface area contributed by atoms with Crippen LogP contribution >= 0.6 is 0 Å². The van der Waals surface area contributed by atoms with E-state index in [1.54, 1.807) is 6.92 Å². The topological polar surface area (TPSA) is 64.4 Å². The van der Waals surface area contributed by atoms with Gasteiger partial charge in [-0.1, -0.05) is 65.3 Å². The van der Waals surface area contributed by atoms with E-state index in [2.05, 4.69) is 10.5 Å². The molecule has 1 N–H and O–H groups in total. The largest absolute Gasteiger partial charge is 0.441 e. The number of hydrogen-bond donors (Lipinski definition) is 1. The minimum absolute atomic E-state index is 0.357. The molecule has 3 aromatic rings. The Kier molecular flexibility index (Phi) is 4.84. The number of anilines is 1. The van der Waals surface area contributed by atoms with E-state index in [0.29, 0.717) is 17.1 Å². The van der Waals surface area contributed by atoms with Crippen LogP contribution in [0.2, 0.25) is 0 Å². The number of nitrogens with zero attached hydrogens (tertiary/aromatic N) is 1. The van der Waals surface area contributed by atoms with Gasteiger partial charge in [-0.25, -0.2) is 4.79 Å². The molecule has 1 heterocycles. The van der Waals surface area contributed by atoms with Crippen LogP contribution in [0, 0.1) is 13.8 Å². The average Bonchev–Trinajstić information content (AvgIpc) is 2.97. The number of ether oxygens (including phenoxy) is 1. The maximum absolute atomic E-state index is 12.3. The number of carbonyl (C=O) groups is 1. The van der Waals surface area contributed by atoms with Crippen molar-refractivity contribution in [1.29, 1.82) is 0 Å². The van der Waals surface area contributed by atoms with Crippen LogP contribution < -0.4 is 5.32 Å². The molecule has 25 heavy (non-hydrogen) atoms. The lowest BCUT2D eigenvalue weighted by atomic mass is 10.1. The normalized spacial score (nSPS) is 11.8. The molecular weight excluding hydrogens is 316 g/mol. The highest BCUT2D eigenvalue weighted by Gasteiger charge is 2.19. The molecule has 128 valence electrons. The average molecular weight is 336 g/mol. The lowest BCUT2D eigenvalue weighted by molar-refractivity contribution is 0.121. The Labute approximate surface area is 146 Å². The summed E-state index contributed by atoms with van der Waals surface area (Å²) in [6, 6.07) is 17.4. The Morgan fingerprint density at radius 2 is 1.76 bits per heavy atom. The highest BCUT2D eigenvalue weighted by atomic mass is 16.6. The SMILES string of the molecule is Cc1ccc(-c2onc(C)c2NC(=O)OC(C)c2ccccc2)cc1. The summed E-state index contributed by atoms with van der Waals surface area (Å²) < 4.78 is 10.8. The van der Waals surface area contributed by atoms with E-state index in [0.717, 1.165) is 16.7 Å². The van der Waals surface area contributed by atoms with Crippen molar-refractivity contribution in [2.24, 2.45) is 0 Å². The quantitative estimate of drug-likeness (QED) is 0.705. The number of aromatic nitrogens is 1. The maximum atomic E-state index is 12.3. The summed E-state index contributed by atoms with van der Waals surface area (Å²) in [5.41, 5.74) is 4.04. The van der Waals surface area contributed by atoms with Crippen LogP contribution in [0.1, 0.15) is 29.8 Å². The van der Waals surface area contributed by atoms with Gasteiger partial charge in [0.25, 0.3) is 0 Å². The first-order valence-electron chi connectivity index (χ1n) is 8.10. The Bertz CT molecular complexity index is 854. The molecule has 0 spiro atoms. The molecule has 0 saturated carbocycles. The van der Waals surface area contributed by atoms with E-state index < -0.39 is 6.09 Å². The van der Waals surface area contributed by atoms with Crippen molar-refractivity contribution >= 4 is 11.8 Å². The Morgan fingerprint density at radius 3 is 2.44 bits per heavy atom. The second kappa shape index (κ2) is 7.21. The van der Waals surface area contributed by atoms with Gasteiger partial charge in [-0.3, -0.25) is 5.32 Å². The second-order valence-corrected chi connectivity index (χ2v) is 5.92. The zero-order chi connectivity index (χ0) is 17.8. The molecule has 1 aromatic heterocycles. The van der Waals surface area contributed by atoms with Crippen LogP contribution in [0.15, 0.2) is 59.1 Å². The molecule has 1 unspecified atom stereocenters. The molecule has 3 rings (SSSR count). The van der Waals surface area contributed by atoms with E-state index in [4.69, 9.17) is 9.26 Å². The van der Waals surface area contributed by atoms with Crippen molar-refractivity contribution in [3.05, 3.63) is 71.4 Å². The first-order chi connectivity index (χ1) is 12.0. The van der Waals surface area contributed by atoms with Crippen LogP contribution in [0.25, 0.3) is 11.3 Å². The number of hydrogen-bond acceptors (Lipinski definition) is 4. The molecular formula is C20H20N2O3. The molecule has 0 aliphatic carbocycles. The van der Waals surface area contributed by atoms with Gasteiger partial charge in [-0.15, -0.1) is 0 Å². The third kappa shape index (κ3) is 3.88. The summed E-state index contributed by atoms with van der Waals surface area (Å²) >= 11 is 0. The Balaban J connectivity index is 1.75. The fourth-order valence-corrected chi connectivity index (χ4v) is 2.50. The summed E-state index contributed by atoms with van der Waals surface area (Å²) in [5, 5.41) is 6.72. The maximum Gasteiger partial charge on any atom is 0.412 e. The Hall–Kier alpha value is -3.08. The van der Waals surface area contributed by atoms with E-state index >= 15 is 0 Å². The van der Waals surface area contributed by atoms with Gasteiger partial charge in [-0.05, 0) is 26.3 Å². The van der Waals surface area contributed by atoms with Crippen LogP contribution in [0.3, 0.4) is 0 Å². The molecule has 0 saturated heterocycles. The first-order valence-corrected chi connectivity index (χ1v) is 8.10. The Morgan fingerprint density at radius 1 is 1.08 bits per heavy atom. The van der Waals surface area contributed by atoms with Gasteiger partial charge in [0, 0.05) is 5.56 Å². The summed E-state index contributed by atoms with van der Waals surface area (Å²) in [7, 11) is 0. The molecule has 0 aliphatic rings. The van der Waals surface area contributed by atoms with Gasteiger partial charge in [0.2, 0.25) is 0 Å². The standard InChI is InChI=1S/C20H20N2O3/c1-13-9-11-17(12-10-13)19-18(14(2)22-25-19)21-20(23)24-15(3)16-7-5-4-6-8-16/h4-12,15H,1-3H3,(H,21,23). The third-order valence-electron chi connectivity index (χ3n) is 3.96. The van der Waals surface area contributed by atoms with Crippen LogP contribution in [0.4, 0.5) is 10.5 Å². The van der Waals surface area contributed by atoms with Gasteiger partial charge in [0.05, 0.1) is 0 Å². The number of amides is 1. The molecule has 5 heteroatoms. The van der Waals surface area contributed by atoms with Crippen molar-refractivity contribution in [3.63, 3.8) is 0 Å². The van der Waals surface area contributed by atoms with E-state index in [1.807, 2.05) is 68.4 Å². The highest BCUT2D eigenvalue weighted by molar-refractivity contribution is 5.90. The number of aryl methyl sites for hydroxylation is 2. The zero-order valence-electron chi connectivity index (χ0n) is 14.4. The molecule has 2 aromatic carbocycles. The summed E-state index contributed by atoms with van der Waals surface area (Å²) in [6.07, 6.45) is -0.903. The summed E-state index contributed by atoms with van der Waals surface area (Å²) in [4.78, 5) is 12.3. The van der Waals surface area contributed by atoms with Crippen LogP contribution in [-0.4, -0.2) is 11.2 Å². The van der Waals surface area contributed by atoms with E-state index in [-0.39, 0.29) is 6.10 Å². The fourth-order valence-electron chi connectivity index (χ4n) is 2.50. The third-order valence-corrected chi connectivity index (χ3v) is 3.96. The summed E-state index contributed by atoms with van der Waals surface area (Å²) in [6.45, 7) is 5.62. The van der Waals surface area contributed by atoms with Gasteiger partial charge < -0.3 is 9.26 Å². The number of benzene rings is 2. The number of carbonyl (C=O) groups excluding carboxylic acids is 1. The smallest absolute Gasteiger partial charge is 0.412 e. The molecule has 0 radical (unpaired) electrons. The predicted octanol–water partition coefficient (Wildman–Crippen LogP) is 5.27. The van der Waals surface area contributed by atoms with Gasteiger partial charge in [0.15, 0.2) is 5.76 Å². The van der Waals surface area contributed by atoms with E-state index in [9.17, 15) is 4.79 Å². The van der Waals surface area contributed by atoms with Crippen molar-refractivity contribution < 1.29 is 14.1 Å². The lowest BCUT2D eigenvalue weighted by Crippen LogP contribution is -2.16. The van der Waals surface area contributed by atoms with Crippen molar-refractivity contribution in [2.45, 2.75) is 26.9 Å². The monoisotopic (exact) mass is 336 g/mol. The van der Waals surface area contributed by atoms with Crippen molar-refractivity contribution in [2.75, 3.05) is 5.32 Å². The highest BCUT2D eigenvalue weighted by Crippen LogP contribution is 2.31. The second-order valence-electron chi connectivity index (χ2n) is 5.92. The van der Waals surface area contributed by atoms with Crippen molar-refractivity contribution in [1.82, 2.24) is 5.16 Å². The van der Waals surface area contributed by atoms with E-state index in [1.165, 1.54) is 0 Å². The van der Waals surface area contributed by atoms with Crippen LogP contribution in [-0.2, 0) is 4.74 Å². The minimum atomic E-state index is -0.545. The van der Waals surface area contributed by atoms with Gasteiger partial charge >= 0.3 is 6.09 Å². The molecule has 0 fully saturated rings. The van der Waals surface area contributed by atoms with Gasteiger partial charge in [0.1, 0.15) is 17.5 Å². The molecule has 0 bridgehead atoms. The number of nitrogens with one attached hydrogen (secondary N) is 1. The lowest BCUT2D eigenvalue weighted by Gasteiger charge is -2.14. The molecule has 5 nitrogen and oxygen atoms in total. The first kappa shape index (κ1) is 16.8. The molecule has 1 amide bonds. The van der Waals surface area contributed by atoms with Gasteiger partial charge in [-0.2, -0.15) is 0 Å².